The van der Waals surface area contributed by atoms with Crippen LogP contribution in [0.5, 0.6) is 0 Å². The lowest BCUT2D eigenvalue weighted by atomic mass is 9.91. The average Bonchev–Trinajstić information content (AvgIpc) is 3.15. The number of carbonyl (C=O) groups is 1. The molecular weight excluding hydrogens is 312 g/mol. The molecule has 1 aromatic carbocycles. The minimum Gasteiger partial charge on any atom is -0.459 e. The molecular formula is C21H28N2O2. The fourth-order valence-electron chi connectivity index (χ4n) is 3.57. The summed E-state index contributed by atoms with van der Waals surface area (Å²) in [5.41, 5.74) is 4.17. The lowest BCUT2D eigenvalue weighted by Crippen LogP contribution is -2.49. The number of hydrogen-bond donors (Lipinski definition) is 0. The van der Waals surface area contributed by atoms with E-state index in [1.165, 1.54) is 16.8 Å². The molecule has 0 radical (unpaired) electrons. The highest BCUT2D eigenvalue weighted by molar-refractivity contribution is 5.91. The van der Waals surface area contributed by atoms with Gasteiger partial charge in [-0.3, -0.25) is 4.79 Å². The first-order chi connectivity index (χ1) is 12.0. The molecule has 3 rings (SSSR count). The van der Waals surface area contributed by atoms with Crippen molar-refractivity contribution in [3.05, 3.63) is 53.5 Å². The normalized spacial score (nSPS) is 15.3. The summed E-state index contributed by atoms with van der Waals surface area (Å²) in [7, 11) is 0. The quantitative estimate of drug-likeness (QED) is 0.823. The Bertz CT molecular complexity index is 685. The van der Waals surface area contributed by atoms with Crippen molar-refractivity contribution in [1.82, 2.24) is 4.90 Å². The Labute approximate surface area is 150 Å². The van der Waals surface area contributed by atoms with Crippen LogP contribution in [0, 0.1) is 0 Å². The first-order valence-corrected chi connectivity index (χ1v) is 9.19. The molecule has 4 nitrogen and oxygen atoms in total. The van der Waals surface area contributed by atoms with Crippen molar-refractivity contribution >= 4 is 11.6 Å². The Kier molecular flexibility index (Phi) is 5.16. The summed E-state index contributed by atoms with van der Waals surface area (Å²) >= 11 is 0. The second-order valence-corrected chi connectivity index (χ2v) is 7.35. The van der Waals surface area contributed by atoms with Crippen LogP contribution in [-0.4, -0.2) is 37.0 Å². The van der Waals surface area contributed by atoms with Gasteiger partial charge in [-0.15, -0.1) is 0 Å². The van der Waals surface area contributed by atoms with E-state index < -0.39 is 0 Å². The van der Waals surface area contributed by atoms with Crippen molar-refractivity contribution < 1.29 is 9.21 Å². The van der Waals surface area contributed by atoms with Gasteiger partial charge in [0.05, 0.1) is 6.26 Å². The molecule has 1 amide bonds. The molecule has 1 aliphatic rings. The predicted molar refractivity (Wildman–Crippen MR) is 101 cm³/mol. The number of anilines is 1. The van der Waals surface area contributed by atoms with Crippen molar-refractivity contribution in [1.29, 1.82) is 0 Å². The van der Waals surface area contributed by atoms with Gasteiger partial charge in [-0.1, -0.05) is 45.9 Å². The summed E-state index contributed by atoms with van der Waals surface area (Å²) in [4.78, 5) is 16.8. The second kappa shape index (κ2) is 7.34. The number of nitrogens with zero attached hydrogens (tertiary/aromatic N) is 2. The zero-order valence-corrected chi connectivity index (χ0v) is 15.7. The Morgan fingerprint density at radius 3 is 2.00 bits per heavy atom. The predicted octanol–water partition coefficient (Wildman–Crippen LogP) is 4.49. The third kappa shape index (κ3) is 3.58. The highest BCUT2D eigenvalue weighted by Crippen LogP contribution is 2.35. The van der Waals surface area contributed by atoms with E-state index in [2.05, 4.69) is 50.8 Å². The SMILES string of the molecule is CC(C)c1cccc(C(C)C)c1N1CCN(C(=O)c2ccco2)CC1. The molecule has 4 heteroatoms. The van der Waals surface area contributed by atoms with Gasteiger partial charge in [0.15, 0.2) is 5.76 Å². The van der Waals surface area contributed by atoms with E-state index in [0.717, 1.165) is 26.2 Å². The molecule has 0 spiro atoms. The molecule has 2 heterocycles. The molecule has 0 unspecified atom stereocenters. The number of amides is 1. The summed E-state index contributed by atoms with van der Waals surface area (Å²) in [5, 5.41) is 0. The number of carbonyl (C=O) groups excluding carboxylic acids is 1. The monoisotopic (exact) mass is 340 g/mol. The maximum absolute atomic E-state index is 12.5. The summed E-state index contributed by atoms with van der Waals surface area (Å²) < 4.78 is 5.26. The van der Waals surface area contributed by atoms with Crippen molar-refractivity contribution in [2.45, 2.75) is 39.5 Å². The average molecular weight is 340 g/mol. The fraction of sp³-hybridized carbons (Fsp3) is 0.476. The van der Waals surface area contributed by atoms with E-state index in [-0.39, 0.29) is 5.91 Å². The summed E-state index contributed by atoms with van der Waals surface area (Å²) in [6.45, 7) is 12.2. The van der Waals surface area contributed by atoms with Gasteiger partial charge in [-0.25, -0.2) is 0 Å². The standard InChI is InChI=1S/C21H28N2O2/c1-15(2)17-7-5-8-18(16(3)4)20(17)22-10-12-23(13-11-22)21(24)19-9-6-14-25-19/h5-9,14-16H,10-13H2,1-4H3. The number of piperazine rings is 1. The van der Waals surface area contributed by atoms with Crippen LogP contribution >= 0.6 is 0 Å². The molecule has 0 bridgehead atoms. The van der Waals surface area contributed by atoms with Crippen LogP contribution in [0.3, 0.4) is 0 Å². The van der Waals surface area contributed by atoms with Gasteiger partial charge in [0, 0.05) is 31.9 Å². The van der Waals surface area contributed by atoms with E-state index in [1.807, 2.05) is 4.90 Å². The Balaban J connectivity index is 1.80. The van der Waals surface area contributed by atoms with Crippen molar-refractivity contribution in [3.63, 3.8) is 0 Å². The van der Waals surface area contributed by atoms with Gasteiger partial charge in [0.25, 0.3) is 5.91 Å². The first kappa shape index (κ1) is 17.6. The number of benzene rings is 1. The largest absolute Gasteiger partial charge is 0.459 e. The first-order valence-electron chi connectivity index (χ1n) is 9.19. The zero-order chi connectivity index (χ0) is 18.0. The van der Waals surface area contributed by atoms with Crippen LogP contribution in [0.4, 0.5) is 5.69 Å². The lowest BCUT2D eigenvalue weighted by Gasteiger charge is -2.38. The summed E-state index contributed by atoms with van der Waals surface area (Å²) in [5.74, 6) is 1.39. The van der Waals surface area contributed by atoms with E-state index in [0.29, 0.717) is 17.6 Å². The Morgan fingerprint density at radius 2 is 1.52 bits per heavy atom. The smallest absolute Gasteiger partial charge is 0.289 e. The van der Waals surface area contributed by atoms with Gasteiger partial charge < -0.3 is 14.2 Å². The molecule has 25 heavy (non-hydrogen) atoms. The van der Waals surface area contributed by atoms with Crippen molar-refractivity contribution in [2.75, 3.05) is 31.1 Å². The molecule has 2 aromatic rings. The Morgan fingerprint density at radius 1 is 0.920 bits per heavy atom. The maximum Gasteiger partial charge on any atom is 0.289 e. The molecule has 1 aliphatic heterocycles. The van der Waals surface area contributed by atoms with E-state index in [1.54, 1.807) is 18.4 Å². The van der Waals surface area contributed by atoms with Crippen LogP contribution in [0.15, 0.2) is 41.0 Å². The van der Waals surface area contributed by atoms with E-state index >= 15 is 0 Å². The second-order valence-electron chi connectivity index (χ2n) is 7.35. The topological polar surface area (TPSA) is 36.7 Å². The van der Waals surface area contributed by atoms with Gasteiger partial charge in [-0.2, -0.15) is 0 Å². The molecule has 1 saturated heterocycles. The van der Waals surface area contributed by atoms with Gasteiger partial charge in [0.1, 0.15) is 0 Å². The number of furan rings is 1. The molecule has 0 N–H and O–H groups in total. The van der Waals surface area contributed by atoms with Gasteiger partial charge in [0.2, 0.25) is 0 Å². The molecule has 0 saturated carbocycles. The van der Waals surface area contributed by atoms with Crippen molar-refractivity contribution in [2.24, 2.45) is 0 Å². The molecule has 0 atom stereocenters. The number of hydrogen-bond acceptors (Lipinski definition) is 3. The maximum atomic E-state index is 12.5. The summed E-state index contributed by atoms with van der Waals surface area (Å²) in [6, 6.07) is 10.2. The van der Waals surface area contributed by atoms with Crippen LogP contribution < -0.4 is 4.90 Å². The van der Waals surface area contributed by atoms with Crippen LogP contribution in [0.25, 0.3) is 0 Å². The van der Waals surface area contributed by atoms with Crippen LogP contribution in [-0.2, 0) is 0 Å². The molecule has 134 valence electrons. The van der Waals surface area contributed by atoms with Gasteiger partial charge in [-0.05, 0) is 35.1 Å². The number of para-hydroxylation sites is 1. The lowest BCUT2D eigenvalue weighted by molar-refractivity contribution is 0.0714. The summed E-state index contributed by atoms with van der Waals surface area (Å²) in [6.07, 6.45) is 1.55. The number of rotatable bonds is 4. The van der Waals surface area contributed by atoms with Crippen LogP contribution in [0.1, 0.15) is 61.2 Å². The molecule has 1 aromatic heterocycles. The minimum atomic E-state index is -0.00845. The van der Waals surface area contributed by atoms with Crippen LogP contribution in [0.2, 0.25) is 0 Å². The molecule has 0 aliphatic carbocycles. The third-order valence-electron chi connectivity index (χ3n) is 4.96. The van der Waals surface area contributed by atoms with E-state index in [9.17, 15) is 4.79 Å². The van der Waals surface area contributed by atoms with Gasteiger partial charge >= 0.3 is 0 Å². The van der Waals surface area contributed by atoms with E-state index in [4.69, 9.17) is 4.42 Å². The third-order valence-corrected chi connectivity index (χ3v) is 4.96. The van der Waals surface area contributed by atoms with Crippen molar-refractivity contribution in [3.8, 4) is 0 Å². The fourth-order valence-corrected chi connectivity index (χ4v) is 3.57. The zero-order valence-electron chi connectivity index (χ0n) is 15.7. The Hall–Kier alpha value is -2.23. The highest BCUT2D eigenvalue weighted by Gasteiger charge is 2.26. The molecule has 1 fully saturated rings. The highest BCUT2D eigenvalue weighted by atomic mass is 16.3. The minimum absolute atomic E-state index is 0.00845.